The lowest BCUT2D eigenvalue weighted by atomic mass is 9.66. The van der Waals surface area contributed by atoms with Gasteiger partial charge in [-0.15, -0.1) is 0 Å². The minimum atomic E-state index is -4.55. The van der Waals surface area contributed by atoms with Gasteiger partial charge in [0.25, 0.3) is 20.2 Å². The van der Waals surface area contributed by atoms with E-state index in [4.69, 9.17) is 21.4 Å². The van der Waals surface area contributed by atoms with Crippen molar-refractivity contribution in [3.05, 3.63) is 0 Å². The highest BCUT2D eigenvalue weighted by Crippen LogP contribution is 2.47. The number of hydrogen-bond acceptors (Lipinski definition) is 14. The molecule has 13 unspecified atom stereocenters. The normalized spacial score (nSPS) is 44.2. The van der Waals surface area contributed by atoms with Crippen molar-refractivity contribution in [2.75, 3.05) is 13.2 Å². The Kier molecular flexibility index (Phi) is 11.9. The first-order chi connectivity index (χ1) is 21.8. The number of fused-ring (bicyclic) bond motifs is 2. The summed E-state index contributed by atoms with van der Waals surface area (Å²) in [6.07, 6.45) is 4.73. The van der Waals surface area contributed by atoms with Crippen LogP contribution in [0.4, 0.5) is 0 Å². The van der Waals surface area contributed by atoms with Gasteiger partial charge in [0.15, 0.2) is 0 Å². The average molecular weight is 696 g/mol. The Hall–Kier alpha value is -1.22. The van der Waals surface area contributed by atoms with E-state index in [0.29, 0.717) is 57.8 Å². The fraction of sp³-hybridized carbons (Fsp3) is 1.00. The molecule has 0 bridgehead atoms. The Morgan fingerprint density at radius 3 is 1.89 bits per heavy atom. The lowest BCUT2D eigenvalue weighted by Crippen LogP contribution is -2.55. The molecule has 18 heteroatoms. The summed E-state index contributed by atoms with van der Waals surface area (Å²) in [5, 5.41) is 45.3. The molecule has 5 fully saturated rings. The molecular formula is C28H49N5O11S2. The van der Waals surface area contributed by atoms with Crippen LogP contribution in [0.2, 0.25) is 0 Å². The van der Waals surface area contributed by atoms with Crippen molar-refractivity contribution in [3.8, 4) is 0 Å². The van der Waals surface area contributed by atoms with Gasteiger partial charge in [-0.25, -0.2) is 9.78 Å². The lowest BCUT2D eigenvalue weighted by molar-refractivity contribution is -0.263. The van der Waals surface area contributed by atoms with Crippen molar-refractivity contribution in [2.24, 2.45) is 61.7 Å². The number of nitrogens with zero attached hydrogens (tertiary/aromatic N) is 4. The fourth-order valence-corrected chi connectivity index (χ4v) is 11.2. The molecule has 7 N–H and O–H groups in total. The zero-order valence-corrected chi connectivity index (χ0v) is 27.5. The minimum Gasteiger partial charge on any atom is -0.390 e. The van der Waals surface area contributed by atoms with Crippen LogP contribution in [0.3, 0.4) is 0 Å². The predicted octanol–water partition coefficient (Wildman–Crippen LogP) is 2.99. The number of aliphatic hydroxyl groups is 1. The van der Waals surface area contributed by atoms with Gasteiger partial charge in [-0.3, -0.25) is 19.6 Å². The van der Waals surface area contributed by atoms with Crippen LogP contribution in [0.5, 0.6) is 0 Å². The molecule has 264 valence electrons. The third-order valence-corrected chi connectivity index (χ3v) is 14.0. The van der Waals surface area contributed by atoms with Crippen LogP contribution in [0.15, 0.2) is 20.5 Å². The predicted molar refractivity (Wildman–Crippen MR) is 163 cm³/mol. The lowest BCUT2D eigenvalue weighted by Gasteiger charge is -2.46. The number of rotatable bonds is 10. The van der Waals surface area contributed by atoms with Crippen molar-refractivity contribution < 1.29 is 51.3 Å². The second-order valence-corrected chi connectivity index (χ2v) is 17.7. The molecule has 0 heterocycles. The van der Waals surface area contributed by atoms with Crippen LogP contribution in [-0.4, -0.2) is 102 Å². The van der Waals surface area contributed by atoms with E-state index in [-0.39, 0.29) is 86.1 Å². The maximum Gasteiger partial charge on any atom is 0.270 e. The summed E-state index contributed by atoms with van der Waals surface area (Å²) >= 11 is 0. The molecule has 5 aliphatic rings. The summed E-state index contributed by atoms with van der Waals surface area (Å²) in [6, 6.07) is -2.22. The first-order valence-corrected chi connectivity index (χ1v) is 19.5. The maximum atomic E-state index is 12.4. The quantitative estimate of drug-likeness (QED) is 0.0834. The summed E-state index contributed by atoms with van der Waals surface area (Å²) in [5.74, 6) is -0.809. The summed E-state index contributed by atoms with van der Waals surface area (Å²) in [6.45, 7) is 0.266. The molecule has 0 aliphatic heterocycles. The number of aliphatic hydroxyl groups excluding tert-OH is 1. The van der Waals surface area contributed by atoms with E-state index in [2.05, 4.69) is 25.1 Å². The van der Waals surface area contributed by atoms with E-state index in [9.17, 15) is 31.0 Å². The van der Waals surface area contributed by atoms with E-state index in [1.165, 1.54) is 0 Å². The van der Waals surface area contributed by atoms with Crippen molar-refractivity contribution >= 4 is 20.2 Å². The highest BCUT2D eigenvalue weighted by molar-refractivity contribution is 7.86. The molecule has 5 rings (SSSR count). The zero-order chi connectivity index (χ0) is 33.2. The first-order valence-electron chi connectivity index (χ1n) is 16.5. The Morgan fingerprint density at radius 2 is 1.28 bits per heavy atom. The highest BCUT2D eigenvalue weighted by atomic mass is 32.2. The standard InChI is InChI=1S/C28H49N5O11S2/c29-18-2-1-17-10-26(46(40,41)42)27(28(34)22(17)11-18)33-32-25-6-5-24(21-4-3-20(12-23(21)25)45(37,38)39)31-30-19-8-15(13-43-35)7-16(9-19)14-44-36/h15-28,34-36H,1-14,29H2,(H,37,38,39)(H,40,41,42). The summed E-state index contributed by atoms with van der Waals surface area (Å²) in [5.41, 5.74) is 6.16. The molecule has 5 aliphatic carbocycles. The van der Waals surface area contributed by atoms with Gasteiger partial charge in [-0.1, -0.05) is 0 Å². The maximum absolute atomic E-state index is 12.4. The first kappa shape index (κ1) is 36.1. The molecule has 0 amide bonds. The topological polar surface area (TPSA) is 263 Å². The molecule has 0 spiro atoms. The average Bonchev–Trinajstić information content (AvgIpc) is 2.99. The van der Waals surface area contributed by atoms with Gasteiger partial charge in [0.05, 0.1) is 42.7 Å². The van der Waals surface area contributed by atoms with Gasteiger partial charge in [-0.05, 0) is 113 Å². The molecule has 16 nitrogen and oxygen atoms in total. The number of hydrogen-bond donors (Lipinski definition) is 6. The van der Waals surface area contributed by atoms with Crippen LogP contribution in [0.25, 0.3) is 0 Å². The third kappa shape index (κ3) is 8.49. The van der Waals surface area contributed by atoms with Crippen molar-refractivity contribution in [1.29, 1.82) is 0 Å². The Labute approximate surface area is 270 Å². The molecule has 0 aromatic rings. The highest BCUT2D eigenvalue weighted by Gasteiger charge is 2.51. The van der Waals surface area contributed by atoms with E-state index in [1.54, 1.807) is 0 Å². The molecule has 0 aromatic heterocycles. The van der Waals surface area contributed by atoms with Crippen LogP contribution in [-0.2, 0) is 30.0 Å². The zero-order valence-electron chi connectivity index (χ0n) is 25.9. The number of azo groups is 2. The number of nitrogens with two attached hydrogens (primary N) is 1. The van der Waals surface area contributed by atoms with Gasteiger partial charge in [0.2, 0.25) is 0 Å². The SMILES string of the molecule is NC1CCC2CC(S(=O)(=O)O)C(N=NC3CCC(N=NC4CC(COO)CC(COO)C4)C4CCC(S(=O)(=O)O)CC34)C(O)C2C1. The Morgan fingerprint density at radius 1 is 0.652 bits per heavy atom. The smallest absolute Gasteiger partial charge is 0.270 e. The molecule has 5 saturated carbocycles. The summed E-state index contributed by atoms with van der Waals surface area (Å²) in [7, 11) is -8.86. The second-order valence-electron chi connectivity index (χ2n) is 14.4. The van der Waals surface area contributed by atoms with Gasteiger partial charge in [0.1, 0.15) is 11.3 Å². The van der Waals surface area contributed by atoms with Crippen molar-refractivity contribution in [3.63, 3.8) is 0 Å². The molecule has 0 aromatic carbocycles. The molecular weight excluding hydrogens is 646 g/mol. The molecule has 46 heavy (non-hydrogen) atoms. The van der Waals surface area contributed by atoms with Gasteiger partial charge in [-0.2, -0.15) is 37.3 Å². The van der Waals surface area contributed by atoms with Crippen molar-refractivity contribution in [1.82, 2.24) is 0 Å². The van der Waals surface area contributed by atoms with Crippen LogP contribution >= 0.6 is 0 Å². The Balaban J connectivity index is 1.35. The van der Waals surface area contributed by atoms with Gasteiger partial charge >= 0.3 is 0 Å². The Bertz CT molecular complexity index is 1290. The summed E-state index contributed by atoms with van der Waals surface area (Å²) in [4.78, 5) is 8.73. The largest absolute Gasteiger partial charge is 0.390 e. The fourth-order valence-electron chi connectivity index (χ4n) is 9.25. The molecule has 0 radical (unpaired) electrons. The van der Waals surface area contributed by atoms with Crippen molar-refractivity contribution in [2.45, 2.75) is 124 Å². The van der Waals surface area contributed by atoms with E-state index >= 15 is 0 Å². The van der Waals surface area contributed by atoms with Crippen LogP contribution in [0, 0.1) is 35.5 Å². The minimum absolute atomic E-state index is 0.0123. The third-order valence-electron chi connectivity index (χ3n) is 11.5. The second kappa shape index (κ2) is 15.1. The molecule has 0 saturated heterocycles. The van der Waals surface area contributed by atoms with Gasteiger partial charge in [0, 0.05) is 6.04 Å². The molecule has 13 atom stereocenters. The van der Waals surface area contributed by atoms with Gasteiger partial charge < -0.3 is 10.8 Å². The summed E-state index contributed by atoms with van der Waals surface area (Å²) < 4.78 is 69.2. The van der Waals surface area contributed by atoms with E-state index in [0.717, 1.165) is 0 Å². The van der Waals surface area contributed by atoms with E-state index < -0.39 is 48.9 Å². The monoisotopic (exact) mass is 695 g/mol. The van der Waals surface area contributed by atoms with E-state index in [1.807, 2.05) is 0 Å². The van der Waals surface area contributed by atoms with Crippen LogP contribution in [0.1, 0.15) is 77.0 Å². The van der Waals surface area contributed by atoms with Crippen LogP contribution < -0.4 is 5.73 Å².